The number of rotatable bonds is 2. The molecule has 0 aliphatic carbocycles. The number of benzene rings is 1. The van der Waals surface area contributed by atoms with Gasteiger partial charge in [0.1, 0.15) is 6.10 Å². The van der Waals surface area contributed by atoms with Crippen LogP contribution in [0.4, 0.5) is 0 Å². The van der Waals surface area contributed by atoms with E-state index in [4.69, 9.17) is 4.74 Å². The van der Waals surface area contributed by atoms with Crippen molar-refractivity contribution in [1.82, 2.24) is 4.90 Å². The van der Waals surface area contributed by atoms with Gasteiger partial charge < -0.3 is 9.64 Å². The fourth-order valence-electron chi connectivity index (χ4n) is 2.18. The van der Waals surface area contributed by atoms with Gasteiger partial charge in [0.2, 0.25) is 5.91 Å². The van der Waals surface area contributed by atoms with Crippen LogP contribution in [0.3, 0.4) is 0 Å². The molecule has 1 aromatic rings. The number of hydrogen-bond acceptors (Lipinski definition) is 2. The number of morpholine rings is 1. The van der Waals surface area contributed by atoms with E-state index in [1.165, 1.54) is 0 Å². The zero-order chi connectivity index (χ0) is 12.3. The Balaban J connectivity index is 2.10. The van der Waals surface area contributed by atoms with Crippen LogP contribution in [-0.2, 0) is 9.53 Å². The molecular formula is C14H19NO2. The molecular weight excluding hydrogens is 214 g/mol. The molecule has 0 spiro atoms. The van der Waals surface area contributed by atoms with E-state index in [1.54, 1.807) is 0 Å². The van der Waals surface area contributed by atoms with Gasteiger partial charge in [0.05, 0.1) is 19.2 Å². The summed E-state index contributed by atoms with van der Waals surface area (Å²) in [5, 5.41) is 0. The van der Waals surface area contributed by atoms with E-state index >= 15 is 0 Å². The maximum Gasteiger partial charge on any atom is 0.222 e. The number of nitrogens with zero attached hydrogens (tertiary/aromatic N) is 1. The molecule has 1 fully saturated rings. The summed E-state index contributed by atoms with van der Waals surface area (Å²) in [6, 6.07) is 10.3. The maximum atomic E-state index is 11.8. The molecule has 2 unspecified atom stereocenters. The summed E-state index contributed by atoms with van der Waals surface area (Å²) < 4.78 is 5.81. The lowest BCUT2D eigenvalue weighted by Gasteiger charge is -2.38. The Hall–Kier alpha value is -1.35. The van der Waals surface area contributed by atoms with Crippen molar-refractivity contribution < 1.29 is 9.53 Å². The number of carbonyl (C=O) groups excluding carboxylic acids is 1. The van der Waals surface area contributed by atoms with E-state index in [9.17, 15) is 4.79 Å². The summed E-state index contributed by atoms with van der Waals surface area (Å²) in [4.78, 5) is 13.8. The topological polar surface area (TPSA) is 29.5 Å². The normalized spacial score (nSPS) is 24.7. The van der Waals surface area contributed by atoms with E-state index in [1.807, 2.05) is 36.9 Å². The predicted molar refractivity (Wildman–Crippen MR) is 66.6 cm³/mol. The fraction of sp³-hybridized carbons (Fsp3) is 0.500. The van der Waals surface area contributed by atoms with Gasteiger partial charge in [-0.15, -0.1) is 0 Å². The van der Waals surface area contributed by atoms with Crippen LogP contribution in [-0.4, -0.2) is 30.0 Å². The van der Waals surface area contributed by atoms with Gasteiger partial charge in [-0.3, -0.25) is 4.79 Å². The highest BCUT2D eigenvalue weighted by Crippen LogP contribution is 2.24. The van der Waals surface area contributed by atoms with Gasteiger partial charge in [0.25, 0.3) is 0 Å². The molecule has 0 saturated carbocycles. The Bertz CT molecular complexity index is 377. The van der Waals surface area contributed by atoms with Crippen LogP contribution >= 0.6 is 0 Å². The third kappa shape index (κ3) is 2.67. The molecule has 0 N–H and O–H groups in total. The lowest BCUT2D eigenvalue weighted by atomic mass is 10.1. The second-order valence-electron chi connectivity index (χ2n) is 4.48. The van der Waals surface area contributed by atoms with Gasteiger partial charge in [-0.2, -0.15) is 0 Å². The summed E-state index contributed by atoms with van der Waals surface area (Å²) in [6.45, 7) is 5.22. The summed E-state index contributed by atoms with van der Waals surface area (Å²) in [7, 11) is 0. The van der Waals surface area contributed by atoms with Crippen LogP contribution in [0, 0.1) is 0 Å². The summed E-state index contributed by atoms with van der Waals surface area (Å²) in [5.41, 5.74) is 1.15. The van der Waals surface area contributed by atoms with Crippen LogP contribution in [0.25, 0.3) is 0 Å². The molecule has 1 saturated heterocycles. The summed E-state index contributed by atoms with van der Waals surface area (Å²) >= 11 is 0. The molecule has 0 bridgehead atoms. The first-order chi connectivity index (χ1) is 8.22. The Kier molecular flexibility index (Phi) is 3.79. The first-order valence-electron chi connectivity index (χ1n) is 6.18. The van der Waals surface area contributed by atoms with Crippen LogP contribution in [0.1, 0.15) is 31.9 Å². The highest BCUT2D eigenvalue weighted by atomic mass is 16.5. The molecule has 3 nitrogen and oxygen atoms in total. The highest BCUT2D eigenvalue weighted by molar-refractivity contribution is 5.76. The van der Waals surface area contributed by atoms with Crippen molar-refractivity contribution in [2.24, 2.45) is 0 Å². The second kappa shape index (κ2) is 5.32. The van der Waals surface area contributed by atoms with Crippen LogP contribution in [0.15, 0.2) is 30.3 Å². The number of carbonyl (C=O) groups is 1. The molecule has 17 heavy (non-hydrogen) atoms. The Morgan fingerprint density at radius 3 is 2.76 bits per heavy atom. The van der Waals surface area contributed by atoms with Gasteiger partial charge in [-0.1, -0.05) is 37.3 Å². The molecule has 1 aliphatic heterocycles. The third-order valence-electron chi connectivity index (χ3n) is 3.23. The number of amides is 1. The minimum absolute atomic E-state index is 0.0166. The zero-order valence-electron chi connectivity index (χ0n) is 10.4. The lowest BCUT2D eigenvalue weighted by Crippen LogP contribution is -2.48. The van der Waals surface area contributed by atoms with E-state index in [0.717, 1.165) is 5.56 Å². The SMILES string of the molecule is CCC(=O)N1CC(c2ccccc2)OCC1C. The average Bonchev–Trinajstić information content (AvgIpc) is 2.39. The predicted octanol–water partition coefficient (Wildman–Crippen LogP) is 2.39. The molecule has 1 amide bonds. The highest BCUT2D eigenvalue weighted by Gasteiger charge is 2.29. The Morgan fingerprint density at radius 2 is 2.12 bits per heavy atom. The van der Waals surface area contributed by atoms with Gasteiger partial charge in [0, 0.05) is 6.42 Å². The van der Waals surface area contributed by atoms with Crippen LogP contribution in [0.2, 0.25) is 0 Å². The van der Waals surface area contributed by atoms with E-state index in [0.29, 0.717) is 19.6 Å². The van der Waals surface area contributed by atoms with Crippen molar-refractivity contribution in [2.75, 3.05) is 13.2 Å². The van der Waals surface area contributed by atoms with E-state index < -0.39 is 0 Å². The Labute approximate surface area is 102 Å². The maximum absolute atomic E-state index is 11.8. The molecule has 1 aromatic carbocycles. The summed E-state index contributed by atoms with van der Waals surface area (Å²) in [5.74, 6) is 0.210. The molecule has 2 atom stereocenters. The second-order valence-corrected chi connectivity index (χ2v) is 4.48. The minimum atomic E-state index is 0.0166. The first kappa shape index (κ1) is 12.1. The van der Waals surface area contributed by atoms with Crippen molar-refractivity contribution in [3.05, 3.63) is 35.9 Å². The largest absolute Gasteiger partial charge is 0.370 e. The third-order valence-corrected chi connectivity index (χ3v) is 3.23. The van der Waals surface area contributed by atoms with Crippen LogP contribution in [0.5, 0.6) is 0 Å². The van der Waals surface area contributed by atoms with E-state index in [-0.39, 0.29) is 18.1 Å². The number of ether oxygens (including phenoxy) is 1. The van der Waals surface area contributed by atoms with Gasteiger partial charge in [0.15, 0.2) is 0 Å². The Morgan fingerprint density at radius 1 is 1.41 bits per heavy atom. The molecule has 1 heterocycles. The van der Waals surface area contributed by atoms with Crippen molar-refractivity contribution >= 4 is 5.91 Å². The molecule has 1 aliphatic rings. The standard InChI is InChI=1S/C14H19NO2/c1-3-14(16)15-9-13(17-10-11(15)2)12-7-5-4-6-8-12/h4-8,11,13H,3,9-10H2,1-2H3. The lowest BCUT2D eigenvalue weighted by molar-refractivity contribution is -0.144. The number of hydrogen-bond donors (Lipinski definition) is 0. The monoisotopic (exact) mass is 233 g/mol. The first-order valence-corrected chi connectivity index (χ1v) is 6.18. The quantitative estimate of drug-likeness (QED) is 0.785. The van der Waals surface area contributed by atoms with Crippen molar-refractivity contribution in [3.63, 3.8) is 0 Å². The molecule has 92 valence electrons. The molecule has 3 heteroatoms. The summed E-state index contributed by atoms with van der Waals surface area (Å²) in [6.07, 6.45) is 0.578. The van der Waals surface area contributed by atoms with E-state index in [2.05, 4.69) is 12.1 Å². The molecule has 2 rings (SSSR count). The van der Waals surface area contributed by atoms with Crippen molar-refractivity contribution in [2.45, 2.75) is 32.4 Å². The van der Waals surface area contributed by atoms with Gasteiger partial charge in [-0.25, -0.2) is 0 Å². The van der Waals surface area contributed by atoms with Crippen LogP contribution < -0.4 is 0 Å². The van der Waals surface area contributed by atoms with Gasteiger partial charge in [-0.05, 0) is 12.5 Å². The molecule has 0 aromatic heterocycles. The fourth-order valence-corrected chi connectivity index (χ4v) is 2.18. The van der Waals surface area contributed by atoms with Gasteiger partial charge >= 0.3 is 0 Å². The zero-order valence-corrected chi connectivity index (χ0v) is 10.4. The average molecular weight is 233 g/mol. The van der Waals surface area contributed by atoms with Crippen molar-refractivity contribution in [3.8, 4) is 0 Å². The van der Waals surface area contributed by atoms with Crippen molar-refractivity contribution in [1.29, 1.82) is 0 Å². The molecule has 0 radical (unpaired) electrons. The minimum Gasteiger partial charge on any atom is -0.370 e. The smallest absolute Gasteiger partial charge is 0.222 e.